The number of rotatable bonds is 6. The van der Waals surface area contributed by atoms with E-state index in [1.54, 1.807) is 6.92 Å². The van der Waals surface area contributed by atoms with E-state index >= 15 is 0 Å². The van der Waals surface area contributed by atoms with Crippen molar-refractivity contribution in [2.24, 2.45) is 0 Å². The van der Waals surface area contributed by atoms with Gasteiger partial charge in [0.25, 0.3) is 0 Å². The fraction of sp³-hybridized carbons (Fsp3) is 0.438. The molecule has 20 heavy (non-hydrogen) atoms. The number of nitrogens with zero attached hydrogens (tertiary/aromatic N) is 2. The summed E-state index contributed by atoms with van der Waals surface area (Å²) in [4.78, 5) is 4.16. The summed E-state index contributed by atoms with van der Waals surface area (Å²) >= 11 is 0. The maximum Gasteiger partial charge on any atom is 0.130 e. The first-order valence-electron chi connectivity index (χ1n) is 6.96. The topological polar surface area (TPSA) is 47.3 Å². The second-order valence-corrected chi connectivity index (χ2v) is 5.37. The van der Waals surface area contributed by atoms with Crippen LogP contribution >= 0.6 is 0 Å². The lowest BCUT2D eigenvalue weighted by molar-refractivity contribution is 0.195. The molecule has 0 aliphatic rings. The molecule has 1 heterocycles. The molecule has 1 aromatic carbocycles. The standard InChI is InChI=1S/C16H22N2O2/c1-12(2)18-11-17-9-15(18)10-20-16-6-4-14(5-7-16)8-13(3)19/h4-7,9,11-13,19H,8,10H2,1-3H3. The molecule has 2 rings (SSSR count). The van der Waals surface area contributed by atoms with Crippen LogP contribution in [0.15, 0.2) is 36.8 Å². The fourth-order valence-electron chi connectivity index (χ4n) is 2.13. The predicted molar refractivity (Wildman–Crippen MR) is 78.8 cm³/mol. The molecule has 1 atom stereocenters. The first-order chi connectivity index (χ1) is 9.56. The Morgan fingerprint density at radius 3 is 2.50 bits per heavy atom. The highest BCUT2D eigenvalue weighted by atomic mass is 16.5. The zero-order valence-electron chi connectivity index (χ0n) is 12.3. The SMILES string of the molecule is CC(O)Cc1ccc(OCc2cncn2C(C)C)cc1. The number of hydrogen-bond donors (Lipinski definition) is 1. The summed E-state index contributed by atoms with van der Waals surface area (Å²) in [5.74, 6) is 0.829. The van der Waals surface area contributed by atoms with Gasteiger partial charge in [-0.2, -0.15) is 0 Å². The lowest BCUT2D eigenvalue weighted by Gasteiger charge is -2.13. The van der Waals surface area contributed by atoms with Gasteiger partial charge in [-0.15, -0.1) is 0 Å². The van der Waals surface area contributed by atoms with E-state index in [1.165, 1.54) is 0 Å². The van der Waals surface area contributed by atoms with Crippen molar-refractivity contribution >= 4 is 0 Å². The van der Waals surface area contributed by atoms with Gasteiger partial charge in [-0.1, -0.05) is 12.1 Å². The van der Waals surface area contributed by atoms with Crippen molar-refractivity contribution in [3.8, 4) is 5.75 Å². The van der Waals surface area contributed by atoms with Crippen LogP contribution in [0.2, 0.25) is 0 Å². The summed E-state index contributed by atoms with van der Waals surface area (Å²) in [6.45, 7) is 6.54. The van der Waals surface area contributed by atoms with Crippen molar-refractivity contribution in [1.82, 2.24) is 9.55 Å². The van der Waals surface area contributed by atoms with E-state index in [4.69, 9.17) is 4.74 Å². The van der Waals surface area contributed by atoms with Crippen LogP contribution in [0.25, 0.3) is 0 Å². The maximum atomic E-state index is 9.35. The van der Waals surface area contributed by atoms with Gasteiger partial charge in [0.1, 0.15) is 12.4 Å². The molecule has 108 valence electrons. The molecule has 0 spiro atoms. The predicted octanol–water partition coefficient (Wildman–Crippen LogP) is 2.97. The van der Waals surface area contributed by atoms with Crippen LogP contribution in [0.5, 0.6) is 5.75 Å². The molecule has 0 radical (unpaired) electrons. The molecule has 1 aromatic heterocycles. The average molecular weight is 274 g/mol. The second-order valence-electron chi connectivity index (χ2n) is 5.37. The molecular weight excluding hydrogens is 252 g/mol. The van der Waals surface area contributed by atoms with Crippen LogP contribution in [0, 0.1) is 0 Å². The van der Waals surface area contributed by atoms with E-state index in [2.05, 4.69) is 23.4 Å². The molecule has 4 nitrogen and oxygen atoms in total. The van der Waals surface area contributed by atoms with E-state index in [9.17, 15) is 5.11 Å². The highest BCUT2D eigenvalue weighted by Crippen LogP contribution is 2.16. The van der Waals surface area contributed by atoms with E-state index in [0.29, 0.717) is 19.1 Å². The monoisotopic (exact) mass is 274 g/mol. The summed E-state index contributed by atoms with van der Waals surface area (Å²) in [5.41, 5.74) is 2.17. The summed E-state index contributed by atoms with van der Waals surface area (Å²) < 4.78 is 7.88. The third-order valence-corrected chi connectivity index (χ3v) is 3.14. The molecule has 1 unspecified atom stereocenters. The lowest BCUT2D eigenvalue weighted by Crippen LogP contribution is -2.07. The Labute approximate surface area is 120 Å². The molecule has 0 aliphatic heterocycles. The zero-order valence-corrected chi connectivity index (χ0v) is 12.3. The third kappa shape index (κ3) is 3.84. The van der Waals surface area contributed by atoms with E-state index in [-0.39, 0.29) is 6.10 Å². The number of benzene rings is 1. The van der Waals surface area contributed by atoms with Crippen molar-refractivity contribution in [2.75, 3.05) is 0 Å². The molecular formula is C16H22N2O2. The van der Waals surface area contributed by atoms with Crippen LogP contribution < -0.4 is 4.74 Å². The van der Waals surface area contributed by atoms with E-state index in [1.807, 2.05) is 36.8 Å². The van der Waals surface area contributed by atoms with Crippen LogP contribution in [0.3, 0.4) is 0 Å². The lowest BCUT2D eigenvalue weighted by atomic mass is 10.1. The average Bonchev–Trinajstić information content (AvgIpc) is 2.86. The van der Waals surface area contributed by atoms with Crippen molar-refractivity contribution in [3.63, 3.8) is 0 Å². The van der Waals surface area contributed by atoms with Gasteiger partial charge < -0.3 is 14.4 Å². The van der Waals surface area contributed by atoms with Gasteiger partial charge in [0.15, 0.2) is 0 Å². The number of aliphatic hydroxyl groups excluding tert-OH is 1. The molecule has 0 saturated heterocycles. The van der Waals surface area contributed by atoms with Crippen molar-refractivity contribution < 1.29 is 9.84 Å². The highest BCUT2D eigenvalue weighted by Gasteiger charge is 2.06. The summed E-state index contributed by atoms with van der Waals surface area (Å²) in [7, 11) is 0. The largest absolute Gasteiger partial charge is 0.487 e. The van der Waals surface area contributed by atoms with Crippen LogP contribution in [0.4, 0.5) is 0 Å². The fourth-order valence-corrected chi connectivity index (χ4v) is 2.13. The van der Waals surface area contributed by atoms with Crippen LogP contribution in [-0.2, 0) is 13.0 Å². The van der Waals surface area contributed by atoms with E-state index in [0.717, 1.165) is 17.0 Å². The maximum absolute atomic E-state index is 9.35. The smallest absolute Gasteiger partial charge is 0.130 e. The Morgan fingerprint density at radius 1 is 1.20 bits per heavy atom. The van der Waals surface area contributed by atoms with Gasteiger partial charge >= 0.3 is 0 Å². The molecule has 0 amide bonds. The highest BCUT2D eigenvalue weighted by molar-refractivity contribution is 5.27. The Hall–Kier alpha value is -1.81. The molecule has 0 bridgehead atoms. The number of hydrogen-bond acceptors (Lipinski definition) is 3. The van der Waals surface area contributed by atoms with Gasteiger partial charge in [-0.3, -0.25) is 0 Å². The zero-order chi connectivity index (χ0) is 14.5. The number of aromatic nitrogens is 2. The number of ether oxygens (including phenoxy) is 1. The molecule has 2 aromatic rings. The first kappa shape index (κ1) is 14.6. The summed E-state index contributed by atoms with van der Waals surface area (Å²) in [6.07, 6.45) is 4.01. The van der Waals surface area contributed by atoms with Crippen LogP contribution in [0.1, 0.15) is 38.1 Å². The second kappa shape index (κ2) is 6.57. The van der Waals surface area contributed by atoms with Gasteiger partial charge in [-0.05, 0) is 44.9 Å². The quantitative estimate of drug-likeness (QED) is 0.881. The number of imidazole rings is 1. The van der Waals surface area contributed by atoms with Crippen molar-refractivity contribution in [3.05, 3.63) is 48.0 Å². The third-order valence-electron chi connectivity index (χ3n) is 3.14. The Balaban J connectivity index is 1.95. The summed E-state index contributed by atoms with van der Waals surface area (Å²) in [6, 6.07) is 8.23. The normalized spacial score (nSPS) is 12.7. The minimum Gasteiger partial charge on any atom is -0.487 e. The molecule has 0 fully saturated rings. The minimum atomic E-state index is -0.317. The van der Waals surface area contributed by atoms with Crippen LogP contribution in [-0.4, -0.2) is 20.8 Å². The Morgan fingerprint density at radius 2 is 1.90 bits per heavy atom. The molecule has 4 heteroatoms. The van der Waals surface area contributed by atoms with E-state index < -0.39 is 0 Å². The molecule has 0 saturated carbocycles. The Bertz CT molecular complexity index is 530. The number of aliphatic hydroxyl groups is 1. The first-order valence-corrected chi connectivity index (χ1v) is 6.96. The van der Waals surface area contributed by atoms with Gasteiger partial charge in [0, 0.05) is 6.04 Å². The Kier molecular flexibility index (Phi) is 4.79. The molecule has 1 N–H and O–H groups in total. The van der Waals surface area contributed by atoms with Crippen molar-refractivity contribution in [1.29, 1.82) is 0 Å². The van der Waals surface area contributed by atoms with Gasteiger partial charge in [0.05, 0.1) is 24.3 Å². The van der Waals surface area contributed by atoms with Crippen molar-refractivity contribution in [2.45, 2.75) is 45.9 Å². The molecule has 0 aliphatic carbocycles. The van der Waals surface area contributed by atoms with Gasteiger partial charge in [0.2, 0.25) is 0 Å². The minimum absolute atomic E-state index is 0.317. The summed E-state index contributed by atoms with van der Waals surface area (Å²) in [5, 5.41) is 9.35. The van der Waals surface area contributed by atoms with Gasteiger partial charge in [-0.25, -0.2) is 4.98 Å².